The van der Waals surface area contributed by atoms with Crippen LogP contribution in [0.2, 0.25) is 0 Å². The predicted octanol–water partition coefficient (Wildman–Crippen LogP) is 8.50. The fourth-order valence-electron chi connectivity index (χ4n) is 7.84. The number of morpholine rings is 1. The minimum absolute atomic E-state index is 0.246. The second-order valence-electron chi connectivity index (χ2n) is 13.1. The van der Waals surface area contributed by atoms with Crippen LogP contribution in [-0.4, -0.2) is 47.6 Å². The average Bonchev–Trinajstić information content (AvgIpc) is 3.37. The van der Waals surface area contributed by atoms with Crippen molar-refractivity contribution in [2.75, 3.05) is 52.5 Å². The van der Waals surface area contributed by atoms with Gasteiger partial charge >= 0.3 is 0 Å². The highest BCUT2D eigenvalue weighted by molar-refractivity contribution is 6.10. The summed E-state index contributed by atoms with van der Waals surface area (Å²) in [5.41, 5.74) is 6.62. The first-order valence-corrected chi connectivity index (χ1v) is 16.3. The number of ether oxygens (including phenoxy) is 5. The normalized spacial score (nSPS) is 16.9. The van der Waals surface area contributed by atoms with Crippen molar-refractivity contribution in [3.63, 3.8) is 0 Å². The molecular formula is C41H38FNO5. The van der Waals surface area contributed by atoms with Crippen LogP contribution in [0.5, 0.6) is 23.0 Å². The average molecular weight is 644 g/mol. The summed E-state index contributed by atoms with van der Waals surface area (Å²) < 4.78 is 45.1. The van der Waals surface area contributed by atoms with E-state index in [0.29, 0.717) is 13.2 Å². The lowest BCUT2D eigenvalue weighted by atomic mass is 9.76. The first kappa shape index (κ1) is 30.3. The molecule has 0 spiro atoms. The van der Waals surface area contributed by atoms with E-state index in [4.69, 9.17) is 23.7 Å². The van der Waals surface area contributed by atoms with E-state index in [1.54, 1.807) is 33.5 Å². The molecule has 5 aromatic carbocycles. The van der Waals surface area contributed by atoms with E-state index in [1.807, 2.05) is 30.3 Å². The zero-order valence-electron chi connectivity index (χ0n) is 27.9. The Hall–Kier alpha value is -5.01. The van der Waals surface area contributed by atoms with Crippen molar-refractivity contribution >= 4 is 22.5 Å². The largest absolute Gasteiger partial charge is 0.497 e. The molecule has 0 aromatic heterocycles. The number of hydrogen-bond acceptors (Lipinski definition) is 6. The van der Waals surface area contributed by atoms with Crippen LogP contribution < -0.4 is 23.8 Å². The second kappa shape index (κ2) is 11.3. The number of fused-ring (bicyclic) bond motifs is 8. The molecule has 0 bridgehead atoms. The van der Waals surface area contributed by atoms with Gasteiger partial charge in [0.05, 0.1) is 40.2 Å². The molecule has 0 radical (unpaired) electrons. The molecule has 0 N–H and O–H groups in total. The maximum Gasteiger partial charge on any atom is 0.178 e. The van der Waals surface area contributed by atoms with Crippen molar-refractivity contribution in [1.29, 1.82) is 0 Å². The molecule has 0 unspecified atom stereocenters. The van der Waals surface area contributed by atoms with Crippen molar-refractivity contribution in [3.05, 3.63) is 119 Å². The number of hydrogen-bond donors (Lipinski definition) is 0. The monoisotopic (exact) mass is 643 g/mol. The van der Waals surface area contributed by atoms with E-state index >= 15 is 0 Å². The zero-order chi connectivity index (χ0) is 33.2. The molecule has 5 aromatic rings. The molecule has 2 heterocycles. The second-order valence-corrected chi connectivity index (χ2v) is 13.1. The zero-order valence-corrected chi connectivity index (χ0v) is 27.9. The van der Waals surface area contributed by atoms with Crippen molar-refractivity contribution in [3.8, 4) is 34.1 Å². The van der Waals surface area contributed by atoms with Crippen LogP contribution in [0.3, 0.4) is 0 Å². The molecule has 8 rings (SSSR count). The third-order valence-electron chi connectivity index (χ3n) is 10.3. The van der Waals surface area contributed by atoms with Crippen LogP contribution in [-0.2, 0) is 15.8 Å². The standard InChI is InChI=1S/C41H38FNO5/c1-40(2)34-22-27(42)10-15-30(34)37-32-24-36(46-5)35(43-18-20-47-21-19-43)23-33(32)39-31(38(37)40)16-17-41(48-39,25-6-11-28(44-3)12-7-25)26-8-13-29(45-4)14-9-26/h6-17,22-24H,18-21H2,1-5H3. The predicted molar refractivity (Wildman–Crippen MR) is 187 cm³/mol. The van der Waals surface area contributed by atoms with Crippen LogP contribution >= 0.6 is 0 Å². The van der Waals surface area contributed by atoms with Crippen molar-refractivity contribution in [1.82, 2.24) is 0 Å². The van der Waals surface area contributed by atoms with E-state index in [-0.39, 0.29) is 5.82 Å². The molecule has 1 saturated heterocycles. The quantitative estimate of drug-likeness (QED) is 0.185. The Morgan fingerprint density at radius 3 is 2.00 bits per heavy atom. The fourth-order valence-corrected chi connectivity index (χ4v) is 7.84. The SMILES string of the molecule is COc1ccc(C2(c3ccc(OC)cc3)C=Cc3c4c(c5cc(OC)c(N6CCOCC6)cc5c3O2)-c2ccc(F)cc2C4(C)C)cc1. The van der Waals surface area contributed by atoms with Crippen molar-refractivity contribution in [2.45, 2.75) is 24.9 Å². The smallest absolute Gasteiger partial charge is 0.178 e. The summed E-state index contributed by atoms with van der Waals surface area (Å²) in [4.78, 5) is 2.31. The van der Waals surface area contributed by atoms with Gasteiger partial charge in [0.25, 0.3) is 0 Å². The number of nitrogens with zero attached hydrogens (tertiary/aromatic N) is 1. The molecule has 7 heteroatoms. The lowest BCUT2D eigenvalue weighted by Gasteiger charge is -2.39. The van der Waals surface area contributed by atoms with Crippen molar-refractivity contribution in [2.24, 2.45) is 0 Å². The molecule has 6 nitrogen and oxygen atoms in total. The topological polar surface area (TPSA) is 49.4 Å². The summed E-state index contributed by atoms with van der Waals surface area (Å²) in [7, 11) is 5.05. The van der Waals surface area contributed by atoms with Gasteiger partial charge in [-0.1, -0.05) is 50.3 Å². The number of methoxy groups -OCH3 is 3. The van der Waals surface area contributed by atoms with Gasteiger partial charge in [0, 0.05) is 40.6 Å². The molecule has 3 aliphatic rings. The summed E-state index contributed by atoms with van der Waals surface area (Å²) in [6.07, 6.45) is 4.35. The summed E-state index contributed by atoms with van der Waals surface area (Å²) >= 11 is 0. The molecule has 2 aliphatic heterocycles. The lowest BCUT2D eigenvalue weighted by molar-refractivity contribution is 0.122. The Kier molecular flexibility index (Phi) is 7.15. The molecule has 0 amide bonds. The first-order valence-electron chi connectivity index (χ1n) is 16.3. The van der Waals surface area contributed by atoms with Gasteiger partial charge in [0.15, 0.2) is 5.60 Å². The maximum atomic E-state index is 14.9. The van der Waals surface area contributed by atoms with E-state index in [9.17, 15) is 4.39 Å². The summed E-state index contributed by atoms with van der Waals surface area (Å²) in [5.74, 6) is 2.84. The summed E-state index contributed by atoms with van der Waals surface area (Å²) in [6, 6.07) is 25.6. The summed E-state index contributed by atoms with van der Waals surface area (Å²) in [5, 5.41) is 1.97. The minimum Gasteiger partial charge on any atom is -0.497 e. The van der Waals surface area contributed by atoms with Crippen LogP contribution in [0.25, 0.3) is 28.0 Å². The number of halogens is 1. The van der Waals surface area contributed by atoms with Gasteiger partial charge in [-0.25, -0.2) is 4.39 Å². The Morgan fingerprint density at radius 2 is 1.40 bits per heavy atom. The number of anilines is 1. The van der Waals surface area contributed by atoms with E-state index in [2.05, 4.69) is 67.3 Å². The lowest BCUT2D eigenvalue weighted by Crippen LogP contribution is -2.36. The molecule has 244 valence electrons. The van der Waals surface area contributed by atoms with Crippen LogP contribution in [0.1, 0.15) is 41.7 Å². The van der Waals surface area contributed by atoms with Gasteiger partial charge in [-0.3, -0.25) is 0 Å². The van der Waals surface area contributed by atoms with E-state index in [1.165, 1.54) is 0 Å². The molecule has 0 saturated carbocycles. The van der Waals surface area contributed by atoms with E-state index < -0.39 is 11.0 Å². The van der Waals surface area contributed by atoms with E-state index in [0.717, 1.165) is 91.5 Å². The van der Waals surface area contributed by atoms with Gasteiger partial charge in [-0.2, -0.15) is 0 Å². The minimum atomic E-state index is -0.965. The molecule has 1 fully saturated rings. The van der Waals surface area contributed by atoms with Gasteiger partial charge in [-0.15, -0.1) is 0 Å². The fraction of sp³-hybridized carbons (Fsp3) is 0.268. The highest BCUT2D eigenvalue weighted by Gasteiger charge is 2.45. The van der Waals surface area contributed by atoms with Crippen molar-refractivity contribution < 1.29 is 28.1 Å². The Balaban J connectivity index is 1.45. The van der Waals surface area contributed by atoms with Gasteiger partial charge in [0.1, 0.15) is 28.8 Å². The number of benzene rings is 5. The van der Waals surface area contributed by atoms with Crippen LogP contribution in [0, 0.1) is 5.82 Å². The van der Waals surface area contributed by atoms with Gasteiger partial charge in [0.2, 0.25) is 0 Å². The maximum absolute atomic E-state index is 14.9. The van der Waals surface area contributed by atoms with Gasteiger partial charge < -0.3 is 28.6 Å². The highest BCUT2D eigenvalue weighted by atomic mass is 19.1. The third-order valence-corrected chi connectivity index (χ3v) is 10.3. The summed E-state index contributed by atoms with van der Waals surface area (Å²) in [6.45, 7) is 7.15. The molecule has 1 aliphatic carbocycles. The highest BCUT2D eigenvalue weighted by Crippen LogP contribution is 2.59. The van der Waals surface area contributed by atoms with Crippen LogP contribution in [0.15, 0.2) is 84.9 Å². The molecule has 48 heavy (non-hydrogen) atoms. The number of rotatable bonds is 6. The molecular weight excluding hydrogens is 605 g/mol. The first-order chi connectivity index (χ1) is 23.3. The Bertz CT molecular complexity index is 2030. The Labute approximate surface area is 280 Å². The molecule has 0 atom stereocenters. The van der Waals surface area contributed by atoms with Gasteiger partial charge in [-0.05, 0) is 82.2 Å². The van der Waals surface area contributed by atoms with Crippen LogP contribution in [0.4, 0.5) is 10.1 Å². The Morgan fingerprint density at radius 1 is 0.750 bits per heavy atom. The third kappa shape index (κ3) is 4.48.